The van der Waals surface area contributed by atoms with E-state index in [0.29, 0.717) is 25.3 Å². The van der Waals surface area contributed by atoms with Crippen LogP contribution in [0.3, 0.4) is 0 Å². The van der Waals surface area contributed by atoms with Crippen LogP contribution in [0.1, 0.15) is 13.3 Å². The summed E-state index contributed by atoms with van der Waals surface area (Å²) in [5, 5.41) is 16.3. The third-order valence-corrected chi connectivity index (χ3v) is 3.20. The van der Waals surface area contributed by atoms with Crippen molar-refractivity contribution < 1.29 is 24.2 Å². The molecule has 0 aliphatic carbocycles. The number of carbonyl (C=O) groups excluding carboxylic acids is 2. The monoisotopic (exact) mass is 321 g/mol. The molecule has 0 saturated heterocycles. The SMILES string of the molecule is COCCNC(=O)C(C)NC(=O)NC(CCSC)C(=O)O. The molecule has 21 heavy (non-hydrogen) atoms. The Kier molecular flexibility index (Phi) is 10.4. The first-order valence-corrected chi connectivity index (χ1v) is 7.87. The van der Waals surface area contributed by atoms with Crippen molar-refractivity contribution >= 4 is 29.7 Å². The van der Waals surface area contributed by atoms with Crippen LogP contribution in [0.15, 0.2) is 0 Å². The molecule has 0 aliphatic heterocycles. The average Bonchev–Trinajstić information content (AvgIpc) is 2.43. The van der Waals surface area contributed by atoms with E-state index in [-0.39, 0.29) is 5.91 Å². The van der Waals surface area contributed by atoms with Crippen molar-refractivity contribution in [1.29, 1.82) is 0 Å². The molecule has 0 aliphatic rings. The Bertz CT molecular complexity index is 354. The molecule has 9 heteroatoms. The van der Waals surface area contributed by atoms with Crippen molar-refractivity contribution in [3.8, 4) is 0 Å². The Labute approximate surface area is 128 Å². The number of ether oxygens (including phenoxy) is 1. The largest absolute Gasteiger partial charge is 0.480 e. The Balaban J connectivity index is 4.20. The van der Waals surface area contributed by atoms with E-state index in [1.54, 1.807) is 0 Å². The second-order valence-corrected chi connectivity index (χ2v) is 5.28. The fraction of sp³-hybridized carbons (Fsp3) is 0.750. The molecule has 0 aromatic heterocycles. The number of carbonyl (C=O) groups is 3. The summed E-state index contributed by atoms with van der Waals surface area (Å²) in [5.41, 5.74) is 0. The third kappa shape index (κ3) is 9.14. The highest BCUT2D eigenvalue weighted by Gasteiger charge is 2.21. The molecular weight excluding hydrogens is 298 g/mol. The molecule has 8 nitrogen and oxygen atoms in total. The summed E-state index contributed by atoms with van der Waals surface area (Å²) in [6, 6.07) is -2.42. The van der Waals surface area contributed by atoms with E-state index in [9.17, 15) is 14.4 Å². The average molecular weight is 321 g/mol. The highest BCUT2D eigenvalue weighted by Crippen LogP contribution is 2.01. The van der Waals surface area contributed by atoms with Gasteiger partial charge in [0, 0.05) is 13.7 Å². The molecule has 0 spiro atoms. The quantitative estimate of drug-likeness (QED) is 0.408. The second kappa shape index (κ2) is 11.2. The van der Waals surface area contributed by atoms with E-state index in [2.05, 4.69) is 16.0 Å². The first-order chi connectivity index (χ1) is 9.92. The summed E-state index contributed by atoms with van der Waals surface area (Å²) in [7, 11) is 1.52. The number of hydrogen-bond acceptors (Lipinski definition) is 5. The van der Waals surface area contributed by atoms with E-state index in [0.717, 1.165) is 0 Å². The van der Waals surface area contributed by atoms with Crippen molar-refractivity contribution in [3.63, 3.8) is 0 Å². The number of nitrogens with one attached hydrogen (secondary N) is 3. The van der Waals surface area contributed by atoms with Crippen LogP contribution in [0.25, 0.3) is 0 Å². The summed E-state index contributed by atoms with van der Waals surface area (Å²) in [6.45, 7) is 2.23. The van der Waals surface area contributed by atoms with E-state index in [1.165, 1.54) is 25.8 Å². The lowest BCUT2D eigenvalue weighted by molar-refractivity contribution is -0.139. The van der Waals surface area contributed by atoms with Crippen molar-refractivity contribution in [2.45, 2.75) is 25.4 Å². The van der Waals surface area contributed by atoms with Gasteiger partial charge in [0.15, 0.2) is 0 Å². The first-order valence-electron chi connectivity index (χ1n) is 6.47. The predicted octanol–water partition coefficient (Wildman–Crippen LogP) is -0.357. The molecule has 0 saturated carbocycles. The molecule has 122 valence electrons. The lowest BCUT2D eigenvalue weighted by Gasteiger charge is -2.18. The van der Waals surface area contributed by atoms with Crippen LogP contribution in [-0.4, -0.2) is 67.4 Å². The fourth-order valence-electron chi connectivity index (χ4n) is 1.38. The number of thioether (sulfide) groups is 1. The summed E-state index contributed by atoms with van der Waals surface area (Å²) < 4.78 is 4.79. The standard InChI is InChI=1S/C12H23N3O5S/c1-8(10(16)13-5-6-20-2)14-12(19)15-9(11(17)18)4-7-21-3/h8-9H,4-7H2,1-3H3,(H,13,16)(H,17,18)(H2,14,15,19). The van der Waals surface area contributed by atoms with Gasteiger partial charge in [0.05, 0.1) is 6.61 Å². The first kappa shape index (κ1) is 19.5. The molecule has 0 rings (SSSR count). The number of rotatable bonds is 10. The normalized spacial score (nSPS) is 13.1. The summed E-state index contributed by atoms with van der Waals surface area (Å²) in [4.78, 5) is 34.3. The smallest absolute Gasteiger partial charge is 0.326 e. The number of carboxylic acid groups (broad SMARTS) is 1. The predicted molar refractivity (Wildman–Crippen MR) is 80.4 cm³/mol. The molecule has 0 fully saturated rings. The molecule has 0 aromatic carbocycles. The zero-order valence-electron chi connectivity index (χ0n) is 12.5. The van der Waals surface area contributed by atoms with Crippen LogP contribution < -0.4 is 16.0 Å². The lowest BCUT2D eigenvalue weighted by Crippen LogP contribution is -2.52. The minimum atomic E-state index is -1.10. The number of hydrogen-bond donors (Lipinski definition) is 4. The van der Waals surface area contributed by atoms with Gasteiger partial charge in [-0.1, -0.05) is 0 Å². The molecular formula is C12H23N3O5S. The van der Waals surface area contributed by atoms with Crippen molar-refractivity contribution in [2.24, 2.45) is 0 Å². The summed E-state index contributed by atoms with van der Waals surface area (Å²) in [5.74, 6) is -0.848. The van der Waals surface area contributed by atoms with Gasteiger partial charge in [-0.05, 0) is 25.4 Å². The zero-order chi connectivity index (χ0) is 16.3. The van der Waals surface area contributed by atoms with Gasteiger partial charge < -0.3 is 25.8 Å². The highest BCUT2D eigenvalue weighted by molar-refractivity contribution is 7.98. The van der Waals surface area contributed by atoms with E-state index < -0.39 is 24.1 Å². The van der Waals surface area contributed by atoms with Crippen molar-refractivity contribution in [3.05, 3.63) is 0 Å². The van der Waals surface area contributed by atoms with Crippen LogP contribution in [0.4, 0.5) is 4.79 Å². The molecule has 4 N–H and O–H groups in total. The fourth-order valence-corrected chi connectivity index (χ4v) is 1.86. The van der Waals surface area contributed by atoms with Crippen molar-refractivity contribution in [1.82, 2.24) is 16.0 Å². The number of urea groups is 1. The molecule has 0 heterocycles. The highest BCUT2D eigenvalue weighted by atomic mass is 32.2. The van der Waals surface area contributed by atoms with Crippen LogP contribution in [0, 0.1) is 0 Å². The van der Waals surface area contributed by atoms with Crippen molar-refractivity contribution in [2.75, 3.05) is 32.3 Å². The van der Waals surface area contributed by atoms with Crippen LogP contribution in [0.2, 0.25) is 0 Å². The van der Waals surface area contributed by atoms with Gasteiger partial charge in [-0.15, -0.1) is 0 Å². The van der Waals surface area contributed by atoms with Gasteiger partial charge >= 0.3 is 12.0 Å². The maximum absolute atomic E-state index is 11.7. The maximum Gasteiger partial charge on any atom is 0.326 e. The Morgan fingerprint density at radius 3 is 2.48 bits per heavy atom. The van der Waals surface area contributed by atoms with Crippen LogP contribution in [-0.2, 0) is 14.3 Å². The second-order valence-electron chi connectivity index (χ2n) is 4.30. The molecule has 0 aromatic rings. The summed E-state index contributed by atoms with van der Waals surface area (Å²) in [6.07, 6.45) is 2.17. The molecule has 0 radical (unpaired) electrons. The summed E-state index contributed by atoms with van der Waals surface area (Å²) >= 11 is 1.49. The molecule has 2 unspecified atom stereocenters. The number of methoxy groups -OCH3 is 1. The Hall–Kier alpha value is -1.48. The lowest BCUT2D eigenvalue weighted by atomic mass is 10.2. The van der Waals surface area contributed by atoms with Gasteiger partial charge in [0.25, 0.3) is 0 Å². The zero-order valence-corrected chi connectivity index (χ0v) is 13.3. The Morgan fingerprint density at radius 1 is 1.29 bits per heavy atom. The number of carboxylic acids is 1. The van der Waals surface area contributed by atoms with Gasteiger partial charge in [0.2, 0.25) is 5.91 Å². The van der Waals surface area contributed by atoms with E-state index in [4.69, 9.17) is 9.84 Å². The van der Waals surface area contributed by atoms with Gasteiger partial charge in [-0.25, -0.2) is 9.59 Å². The van der Waals surface area contributed by atoms with E-state index in [1.807, 2.05) is 6.26 Å². The number of amides is 3. The Morgan fingerprint density at radius 2 is 1.95 bits per heavy atom. The minimum Gasteiger partial charge on any atom is -0.480 e. The van der Waals surface area contributed by atoms with Crippen LogP contribution in [0.5, 0.6) is 0 Å². The number of aliphatic carboxylic acids is 1. The van der Waals surface area contributed by atoms with Crippen LogP contribution >= 0.6 is 11.8 Å². The van der Waals surface area contributed by atoms with Gasteiger partial charge in [0.1, 0.15) is 12.1 Å². The molecule has 2 atom stereocenters. The minimum absolute atomic E-state index is 0.318. The maximum atomic E-state index is 11.7. The molecule has 0 bridgehead atoms. The van der Waals surface area contributed by atoms with Gasteiger partial charge in [-0.3, -0.25) is 4.79 Å². The van der Waals surface area contributed by atoms with Gasteiger partial charge in [-0.2, -0.15) is 11.8 Å². The molecule has 3 amide bonds. The topological polar surface area (TPSA) is 117 Å². The van der Waals surface area contributed by atoms with E-state index >= 15 is 0 Å². The third-order valence-electron chi connectivity index (χ3n) is 2.56.